The van der Waals surface area contributed by atoms with Crippen molar-refractivity contribution < 1.29 is 4.74 Å². The molecule has 1 aromatic heterocycles. The van der Waals surface area contributed by atoms with Crippen molar-refractivity contribution in [3.63, 3.8) is 0 Å². The fourth-order valence-corrected chi connectivity index (χ4v) is 2.29. The van der Waals surface area contributed by atoms with Crippen LogP contribution in [-0.4, -0.2) is 22.8 Å². The number of benzene rings is 1. The van der Waals surface area contributed by atoms with Crippen LogP contribution in [0.2, 0.25) is 0 Å². The molecule has 0 amide bonds. The molecule has 0 saturated heterocycles. The second-order valence-electron chi connectivity index (χ2n) is 4.46. The van der Waals surface area contributed by atoms with Crippen LogP contribution in [0, 0.1) is 4.77 Å². The number of nitrogens with one attached hydrogen (secondary N) is 1. The van der Waals surface area contributed by atoms with Gasteiger partial charge in [-0.1, -0.05) is 37.3 Å². The van der Waals surface area contributed by atoms with Crippen LogP contribution in [0.1, 0.15) is 19.8 Å². The van der Waals surface area contributed by atoms with Gasteiger partial charge in [0.2, 0.25) is 0 Å². The summed E-state index contributed by atoms with van der Waals surface area (Å²) in [5, 5.41) is 0. The zero-order valence-electron chi connectivity index (χ0n) is 11.3. The van der Waals surface area contributed by atoms with Crippen LogP contribution in [0.4, 0.5) is 0 Å². The van der Waals surface area contributed by atoms with Crippen molar-refractivity contribution >= 4 is 12.2 Å². The minimum absolute atomic E-state index is 0.773. The van der Waals surface area contributed by atoms with Crippen molar-refractivity contribution in [1.29, 1.82) is 0 Å². The SMILES string of the molecule is CCCOCCCn1c(-c2ccccc2)c[nH]c1=S. The van der Waals surface area contributed by atoms with Crippen LogP contribution >= 0.6 is 12.2 Å². The van der Waals surface area contributed by atoms with Gasteiger partial charge in [0.15, 0.2) is 4.77 Å². The van der Waals surface area contributed by atoms with Gasteiger partial charge < -0.3 is 14.3 Å². The highest BCUT2D eigenvalue weighted by molar-refractivity contribution is 7.71. The lowest BCUT2D eigenvalue weighted by molar-refractivity contribution is 0.129. The third-order valence-electron chi connectivity index (χ3n) is 2.96. The first-order valence-electron chi connectivity index (χ1n) is 6.74. The van der Waals surface area contributed by atoms with E-state index in [2.05, 4.69) is 28.6 Å². The van der Waals surface area contributed by atoms with Crippen molar-refractivity contribution in [2.24, 2.45) is 0 Å². The van der Waals surface area contributed by atoms with Crippen LogP contribution in [0.5, 0.6) is 0 Å². The smallest absolute Gasteiger partial charge is 0.177 e. The van der Waals surface area contributed by atoms with E-state index in [1.54, 1.807) is 0 Å². The first-order chi connectivity index (χ1) is 9.33. The first kappa shape index (κ1) is 14.0. The highest BCUT2D eigenvalue weighted by Gasteiger charge is 2.05. The molecule has 3 nitrogen and oxygen atoms in total. The molecular formula is C15H20N2OS. The highest BCUT2D eigenvalue weighted by Crippen LogP contribution is 2.19. The average Bonchev–Trinajstić information content (AvgIpc) is 2.81. The number of H-pyrrole nitrogens is 1. The third-order valence-corrected chi connectivity index (χ3v) is 3.29. The third kappa shape index (κ3) is 3.78. The van der Waals surface area contributed by atoms with E-state index in [4.69, 9.17) is 17.0 Å². The van der Waals surface area contributed by atoms with E-state index in [0.717, 1.165) is 43.1 Å². The molecule has 0 aliphatic rings. The van der Waals surface area contributed by atoms with Crippen molar-refractivity contribution in [2.75, 3.05) is 13.2 Å². The minimum atomic E-state index is 0.773. The molecule has 1 aromatic carbocycles. The van der Waals surface area contributed by atoms with E-state index in [1.807, 2.05) is 24.4 Å². The normalized spacial score (nSPS) is 10.8. The van der Waals surface area contributed by atoms with Gasteiger partial charge in [0.05, 0.1) is 5.69 Å². The zero-order chi connectivity index (χ0) is 13.5. The second kappa shape index (κ2) is 7.26. The molecular weight excluding hydrogens is 256 g/mol. The summed E-state index contributed by atoms with van der Waals surface area (Å²) in [4.78, 5) is 3.12. The molecule has 0 aliphatic carbocycles. The lowest BCUT2D eigenvalue weighted by Crippen LogP contribution is -2.04. The number of aromatic nitrogens is 2. The van der Waals surface area contributed by atoms with Gasteiger partial charge in [-0.05, 0) is 30.6 Å². The Morgan fingerprint density at radius 1 is 1.21 bits per heavy atom. The summed E-state index contributed by atoms with van der Waals surface area (Å²) >= 11 is 5.34. The van der Waals surface area contributed by atoms with Crippen LogP contribution in [0.25, 0.3) is 11.3 Å². The number of imidazole rings is 1. The molecule has 0 unspecified atom stereocenters. The molecule has 0 bridgehead atoms. The van der Waals surface area contributed by atoms with E-state index >= 15 is 0 Å². The molecule has 2 aromatic rings. The molecule has 0 aliphatic heterocycles. The number of rotatable bonds is 7. The Hall–Kier alpha value is -1.39. The Bertz CT molecular complexity index is 545. The summed E-state index contributed by atoms with van der Waals surface area (Å²) in [6.45, 7) is 4.63. The molecule has 0 atom stereocenters. The van der Waals surface area contributed by atoms with E-state index in [9.17, 15) is 0 Å². The summed E-state index contributed by atoms with van der Waals surface area (Å²) < 4.78 is 8.42. The predicted octanol–water partition coefficient (Wildman–Crippen LogP) is 4.03. The largest absolute Gasteiger partial charge is 0.381 e. The van der Waals surface area contributed by atoms with Crippen molar-refractivity contribution in [3.8, 4) is 11.3 Å². The lowest BCUT2D eigenvalue weighted by Gasteiger charge is -2.08. The van der Waals surface area contributed by atoms with Gasteiger partial charge in [0.1, 0.15) is 0 Å². The molecule has 2 rings (SSSR count). The zero-order valence-corrected chi connectivity index (χ0v) is 12.1. The number of ether oxygens (including phenoxy) is 1. The van der Waals surface area contributed by atoms with E-state index in [1.165, 1.54) is 5.56 Å². The van der Waals surface area contributed by atoms with E-state index in [0.29, 0.717) is 0 Å². The standard InChI is InChI=1S/C15H20N2OS/c1-2-10-18-11-6-9-17-14(12-16-15(17)19)13-7-4-3-5-8-13/h3-5,7-8,12H,2,6,9-11H2,1H3,(H,16,19). The topological polar surface area (TPSA) is 29.9 Å². The summed E-state index contributed by atoms with van der Waals surface area (Å²) in [7, 11) is 0. The maximum absolute atomic E-state index is 5.51. The Labute approximate surface area is 119 Å². The molecule has 1 N–H and O–H groups in total. The van der Waals surface area contributed by atoms with Crippen LogP contribution in [-0.2, 0) is 11.3 Å². The molecule has 4 heteroatoms. The molecule has 0 spiro atoms. The summed E-state index contributed by atoms with van der Waals surface area (Å²) in [5.74, 6) is 0. The molecule has 102 valence electrons. The quantitative estimate of drug-likeness (QED) is 0.611. The van der Waals surface area contributed by atoms with Crippen LogP contribution in [0.15, 0.2) is 36.5 Å². The molecule has 0 fully saturated rings. The number of nitrogens with zero attached hydrogens (tertiary/aromatic N) is 1. The Balaban J connectivity index is 2.04. The maximum Gasteiger partial charge on any atom is 0.177 e. The summed E-state index contributed by atoms with van der Waals surface area (Å²) in [5.41, 5.74) is 2.32. The molecule has 0 saturated carbocycles. The van der Waals surface area contributed by atoms with Gasteiger partial charge in [-0.15, -0.1) is 0 Å². The lowest BCUT2D eigenvalue weighted by atomic mass is 10.2. The van der Waals surface area contributed by atoms with Gasteiger partial charge in [0, 0.05) is 26.0 Å². The number of hydrogen-bond acceptors (Lipinski definition) is 2. The molecule has 1 heterocycles. The maximum atomic E-state index is 5.51. The number of hydrogen-bond donors (Lipinski definition) is 1. The number of aromatic amines is 1. The van der Waals surface area contributed by atoms with Gasteiger partial charge in [0.25, 0.3) is 0 Å². The predicted molar refractivity (Wildman–Crippen MR) is 80.8 cm³/mol. The minimum Gasteiger partial charge on any atom is -0.381 e. The van der Waals surface area contributed by atoms with Crippen LogP contribution in [0.3, 0.4) is 0 Å². The summed E-state index contributed by atoms with van der Waals surface area (Å²) in [6, 6.07) is 10.3. The van der Waals surface area contributed by atoms with Gasteiger partial charge in [-0.3, -0.25) is 0 Å². The van der Waals surface area contributed by atoms with Gasteiger partial charge in [-0.25, -0.2) is 0 Å². The van der Waals surface area contributed by atoms with E-state index in [-0.39, 0.29) is 0 Å². The fourth-order valence-electron chi connectivity index (χ4n) is 2.04. The molecule has 0 radical (unpaired) electrons. The van der Waals surface area contributed by atoms with Crippen molar-refractivity contribution in [3.05, 3.63) is 41.3 Å². The van der Waals surface area contributed by atoms with E-state index < -0.39 is 0 Å². The monoisotopic (exact) mass is 276 g/mol. The van der Waals surface area contributed by atoms with Gasteiger partial charge in [-0.2, -0.15) is 0 Å². The first-order valence-corrected chi connectivity index (χ1v) is 7.15. The summed E-state index contributed by atoms with van der Waals surface area (Å²) in [6.07, 6.45) is 4.02. The fraction of sp³-hybridized carbons (Fsp3) is 0.400. The average molecular weight is 276 g/mol. The van der Waals surface area contributed by atoms with Crippen molar-refractivity contribution in [1.82, 2.24) is 9.55 Å². The van der Waals surface area contributed by atoms with Crippen LogP contribution < -0.4 is 0 Å². The Morgan fingerprint density at radius 3 is 2.74 bits per heavy atom. The second-order valence-corrected chi connectivity index (χ2v) is 4.85. The molecule has 19 heavy (non-hydrogen) atoms. The van der Waals surface area contributed by atoms with Crippen molar-refractivity contribution in [2.45, 2.75) is 26.3 Å². The van der Waals surface area contributed by atoms with Gasteiger partial charge >= 0.3 is 0 Å². The highest BCUT2D eigenvalue weighted by atomic mass is 32.1. The Kier molecular flexibility index (Phi) is 5.36. The Morgan fingerprint density at radius 2 is 2.00 bits per heavy atom.